The van der Waals surface area contributed by atoms with E-state index in [2.05, 4.69) is 0 Å². The van der Waals surface area contributed by atoms with Gasteiger partial charge in [0.1, 0.15) is 5.70 Å². The van der Waals surface area contributed by atoms with E-state index in [1.807, 2.05) is 36.4 Å². The van der Waals surface area contributed by atoms with Gasteiger partial charge in [0.2, 0.25) is 0 Å². The molecule has 7 nitrogen and oxygen atoms in total. The van der Waals surface area contributed by atoms with Gasteiger partial charge in [-0.05, 0) is 61.4 Å². The number of hydrogen-bond acceptors (Lipinski definition) is 7. The fourth-order valence-electron chi connectivity index (χ4n) is 3.28. The molecule has 0 saturated heterocycles. The van der Waals surface area contributed by atoms with E-state index in [9.17, 15) is 14.4 Å². The van der Waals surface area contributed by atoms with Crippen LogP contribution in [0.2, 0.25) is 0 Å². The van der Waals surface area contributed by atoms with Gasteiger partial charge in [0.05, 0.1) is 31.5 Å². The van der Waals surface area contributed by atoms with Crippen molar-refractivity contribution >= 4 is 23.6 Å². The van der Waals surface area contributed by atoms with Crippen LogP contribution < -0.4 is 4.90 Å². The Hall–Kier alpha value is -4.13. The molecule has 0 aromatic heterocycles. The summed E-state index contributed by atoms with van der Waals surface area (Å²) in [5.74, 6) is -1.71. The lowest BCUT2D eigenvalue weighted by atomic mass is 10.0. The summed E-state index contributed by atoms with van der Waals surface area (Å²) in [5, 5.41) is 0. The minimum Gasteiger partial charge on any atom is -0.465 e. The van der Waals surface area contributed by atoms with Crippen molar-refractivity contribution in [2.24, 2.45) is 0 Å². The molecule has 0 aliphatic carbocycles. The van der Waals surface area contributed by atoms with Crippen LogP contribution in [0.1, 0.15) is 24.2 Å². The number of methoxy groups -OCH3 is 2. The Balaban J connectivity index is 2.00. The molecule has 0 atom stereocenters. The van der Waals surface area contributed by atoms with E-state index < -0.39 is 11.9 Å². The third-order valence-electron chi connectivity index (χ3n) is 4.81. The molecule has 0 unspecified atom stereocenters. The molecule has 0 spiro atoms. The first-order valence-corrected chi connectivity index (χ1v) is 10.3. The van der Waals surface area contributed by atoms with Crippen LogP contribution in [0.4, 0.5) is 5.69 Å². The van der Waals surface area contributed by atoms with E-state index in [0.717, 1.165) is 11.1 Å². The summed E-state index contributed by atoms with van der Waals surface area (Å²) in [6.07, 6.45) is 6.34. The molecule has 0 radical (unpaired) electrons. The van der Waals surface area contributed by atoms with E-state index in [-0.39, 0.29) is 23.3 Å². The van der Waals surface area contributed by atoms with Crippen molar-refractivity contribution in [2.45, 2.75) is 20.0 Å². The Kier molecular flexibility index (Phi) is 7.46. The van der Waals surface area contributed by atoms with Crippen LogP contribution in [0.5, 0.6) is 0 Å². The topological polar surface area (TPSA) is 82.1 Å². The maximum Gasteiger partial charge on any atom is 0.355 e. The van der Waals surface area contributed by atoms with E-state index in [1.165, 1.54) is 20.3 Å². The van der Waals surface area contributed by atoms with Gasteiger partial charge in [-0.15, -0.1) is 0 Å². The first-order valence-electron chi connectivity index (χ1n) is 10.3. The molecular formula is C26H25NO6. The van der Waals surface area contributed by atoms with Crippen LogP contribution in [0.25, 0.3) is 11.1 Å². The fourth-order valence-corrected chi connectivity index (χ4v) is 3.28. The molecule has 1 aliphatic heterocycles. The molecule has 7 heteroatoms. The smallest absolute Gasteiger partial charge is 0.355 e. The minimum atomic E-state index is -0.676. The molecule has 0 saturated carbocycles. The maximum absolute atomic E-state index is 12.6. The Morgan fingerprint density at radius 2 is 1.52 bits per heavy atom. The maximum atomic E-state index is 12.6. The predicted molar refractivity (Wildman–Crippen MR) is 124 cm³/mol. The van der Waals surface area contributed by atoms with E-state index >= 15 is 0 Å². The van der Waals surface area contributed by atoms with Crippen molar-refractivity contribution in [1.82, 2.24) is 0 Å². The Morgan fingerprint density at radius 3 is 2.15 bits per heavy atom. The first-order chi connectivity index (χ1) is 15.8. The van der Waals surface area contributed by atoms with Crippen molar-refractivity contribution in [1.29, 1.82) is 0 Å². The zero-order valence-corrected chi connectivity index (χ0v) is 18.9. The predicted octanol–water partition coefficient (Wildman–Crippen LogP) is 4.41. The van der Waals surface area contributed by atoms with Gasteiger partial charge in [0.25, 0.3) is 0 Å². The number of esters is 3. The number of nitrogens with zero attached hydrogens (tertiary/aromatic N) is 1. The van der Waals surface area contributed by atoms with Crippen LogP contribution in [0.3, 0.4) is 0 Å². The molecule has 33 heavy (non-hydrogen) atoms. The highest BCUT2D eigenvalue weighted by atomic mass is 16.5. The second kappa shape index (κ2) is 10.5. The number of carbonyl (C=O) groups excluding carboxylic acids is 3. The average molecular weight is 447 g/mol. The molecule has 0 fully saturated rings. The summed E-state index contributed by atoms with van der Waals surface area (Å²) in [6, 6.07) is 14.5. The van der Waals surface area contributed by atoms with Crippen molar-refractivity contribution in [3.63, 3.8) is 0 Å². The molecular weight excluding hydrogens is 422 g/mol. The number of ether oxygens (including phenoxy) is 3. The van der Waals surface area contributed by atoms with Gasteiger partial charge in [-0.1, -0.05) is 30.3 Å². The standard InChI is InChI=1S/C26H25NO6/c1-17(2)33-24(28)19-13-11-18(12-14-19)20-8-7-9-21(16-20)27-15-6-5-10-22(25(29)31-3)23(27)26(30)32-4/h5-17H,1-4H3. The fraction of sp³-hybridized carbons (Fsp3) is 0.192. The van der Waals surface area contributed by atoms with Gasteiger partial charge in [-0.2, -0.15) is 0 Å². The summed E-state index contributed by atoms with van der Waals surface area (Å²) in [4.78, 5) is 38.6. The molecule has 2 aromatic rings. The van der Waals surface area contributed by atoms with Gasteiger partial charge in [0.15, 0.2) is 0 Å². The third kappa shape index (κ3) is 5.38. The van der Waals surface area contributed by atoms with Crippen LogP contribution >= 0.6 is 0 Å². The highest BCUT2D eigenvalue weighted by Crippen LogP contribution is 2.30. The number of rotatable bonds is 6. The summed E-state index contributed by atoms with van der Waals surface area (Å²) in [6.45, 7) is 3.60. The van der Waals surface area contributed by atoms with Crippen molar-refractivity contribution in [3.8, 4) is 11.1 Å². The van der Waals surface area contributed by atoms with Gasteiger partial charge >= 0.3 is 17.9 Å². The largest absolute Gasteiger partial charge is 0.465 e. The molecule has 0 bridgehead atoms. The van der Waals surface area contributed by atoms with Crippen molar-refractivity contribution < 1.29 is 28.6 Å². The van der Waals surface area contributed by atoms with Crippen molar-refractivity contribution in [3.05, 3.63) is 89.8 Å². The number of benzene rings is 2. The molecule has 0 amide bonds. The molecule has 3 rings (SSSR count). The lowest BCUT2D eigenvalue weighted by molar-refractivity contribution is -0.139. The molecule has 1 aliphatic rings. The van der Waals surface area contributed by atoms with Crippen LogP contribution in [-0.4, -0.2) is 38.2 Å². The monoisotopic (exact) mass is 447 g/mol. The van der Waals surface area contributed by atoms with Crippen LogP contribution in [0.15, 0.2) is 84.2 Å². The van der Waals surface area contributed by atoms with Crippen molar-refractivity contribution in [2.75, 3.05) is 19.1 Å². The zero-order valence-electron chi connectivity index (χ0n) is 18.9. The van der Waals surface area contributed by atoms with E-state index in [4.69, 9.17) is 14.2 Å². The first kappa shape index (κ1) is 23.5. The highest BCUT2D eigenvalue weighted by Gasteiger charge is 2.27. The summed E-state index contributed by atoms with van der Waals surface area (Å²) in [7, 11) is 2.50. The third-order valence-corrected chi connectivity index (χ3v) is 4.81. The Bertz CT molecular complexity index is 1140. The lowest BCUT2D eigenvalue weighted by Gasteiger charge is -2.23. The van der Waals surface area contributed by atoms with Gasteiger partial charge in [-0.3, -0.25) is 0 Å². The van der Waals surface area contributed by atoms with Gasteiger partial charge < -0.3 is 19.1 Å². The lowest BCUT2D eigenvalue weighted by Crippen LogP contribution is -2.26. The summed E-state index contributed by atoms with van der Waals surface area (Å²) in [5.41, 5.74) is 2.93. The number of carbonyl (C=O) groups is 3. The normalized spacial score (nSPS) is 13.1. The van der Waals surface area contributed by atoms with Crippen LogP contribution in [0, 0.1) is 0 Å². The molecule has 2 aromatic carbocycles. The summed E-state index contributed by atoms with van der Waals surface area (Å²) < 4.78 is 15.0. The molecule has 0 N–H and O–H groups in total. The quantitative estimate of drug-likeness (QED) is 0.479. The van der Waals surface area contributed by atoms with Gasteiger partial charge in [0, 0.05) is 11.9 Å². The Labute approximate surface area is 192 Å². The van der Waals surface area contributed by atoms with Crippen LogP contribution in [-0.2, 0) is 23.8 Å². The van der Waals surface area contributed by atoms with E-state index in [1.54, 1.807) is 49.2 Å². The average Bonchev–Trinajstić information content (AvgIpc) is 3.06. The molecule has 1 heterocycles. The second-order valence-corrected chi connectivity index (χ2v) is 7.40. The van der Waals surface area contributed by atoms with Gasteiger partial charge in [-0.25, -0.2) is 14.4 Å². The zero-order chi connectivity index (χ0) is 24.0. The minimum absolute atomic E-state index is 0.0401. The Morgan fingerprint density at radius 1 is 0.818 bits per heavy atom. The number of hydrogen-bond donors (Lipinski definition) is 0. The molecule has 170 valence electrons. The second-order valence-electron chi connectivity index (χ2n) is 7.40. The summed E-state index contributed by atoms with van der Waals surface area (Å²) >= 11 is 0. The van der Waals surface area contributed by atoms with E-state index in [0.29, 0.717) is 11.3 Å². The SMILES string of the molecule is COC(=O)C1=C(C(=O)OC)N(c2cccc(-c3ccc(C(=O)OC(C)C)cc3)c2)C=CC=C1. The highest BCUT2D eigenvalue weighted by molar-refractivity contribution is 6.05. The number of allylic oxidation sites excluding steroid dienone is 2. The number of anilines is 1.